The average molecular weight is 480 g/mol. The number of hydrogen-bond donors (Lipinski definition) is 1. The number of carbonyl (C=O) groups excluding carboxylic acids is 3. The lowest BCUT2D eigenvalue weighted by Crippen LogP contribution is -2.14. The van der Waals surface area contributed by atoms with Crippen molar-refractivity contribution in [3.63, 3.8) is 0 Å². The van der Waals surface area contributed by atoms with E-state index in [1.54, 1.807) is 24.3 Å². The molecule has 0 heterocycles. The van der Waals surface area contributed by atoms with Gasteiger partial charge in [-0.25, -0.2) is 4.79 Å². The summed E-state index contributed by atoms with van der Waals surface area (Å²) in [6.45, 7) is 0. The fourth-order valence-electron chi connectivity index (χ4n) is 3.31. The first kappa shape index (κ1) is 25.1. The van der Waals surface area contributed by atoms with Crippen molar-refractivity contribution < 1.29 is 43.2 Å². The Balaban J connectivity index is 1.93. The van der Waals surface area contributed by atoms with Gasteiger partial charge in [-0.15, -0.1) is 0 Å². The number of phenols is 1. The van der Waals surface area contributed by atoms with Crippen LogP contribution in [-0.2, 0) is 0 Å². The molecule has 3 rings (SSSR count). The van der Waals surface area contributed by atoms with Gasteiger partial charge in [0.1, 0.15) is 22.8 Å². The van der Waals surface area contributed by atoms with E-state index in [1.165, 1.54) is 52.7 Å². The van der Waals surface area contributed by atoms with Crippen LogP contribution in [0.1, 0.15) is 37.5 Å². The molecule has 182 valence electrons. The zero-order valence-corrected chi connectivity index (χ0v) is 19.6. The average Bonchev–Trinajstić information content (AvgIpc) is 2.88. The standard InChI is InChI=1S/C26H24O9/c1-31-17-9-5-15(6-10-17)19(27)13-20(28)23-21(29)14-22(33-3)24(25(23)34-4)35-26(30)16-7-11-18(32-2)12-8-16/h5-12,14,29H,13H2,1-4H3. The summed E-state index contributed by atoms with van der Waals surface area (Å²) in [5.41, 5.74) is 0.176. The van der Waals surface area contributed by atoms with Gasteiger partial charge in [-0.3, -0.25) is 9.59 Å². The zero-order valence-electron chi connectivity index (χ0n) is 19.6. The zero-order chi connectivity index (χ0) is 25.5. The number of phenolic OH excluding ortho intramolecular Hbond substituents is 1. The number of esters is 1. The lowest BCUT2D eigenvalue weighted by atomic mass is 9.99. The molecule has 3 aromatic carbocycles. The van der Waals surface area contributed by atoms with Crippen LogP contribution in [0.25, 0.3) is 0 Å². The lowest BCUT2D eigenvalue weighted by Gasteiger charge is -2.17. The highest BCUT2D eigenvalue weighted by Crippen LogP contribution is 2.45. The van der Waals surface area contributed by atoms with Crippen molar-refractivity contribution >= 4 is 17.5 Å². The van der Waals surface area contributed by atoms with Gasteiger partial charge in [0.05, 0.1) is 40.4 Å². The molecule has 0 aliphatic carbocycles. The molecular weight excluding hydrogens is 456 g/mol. The third-order valence-electron chi connectivity index (χ3n) is 5.14. The predicted molar refractivity (Wildman–Crippen MR) is 125 cm³/mol. The highest BCUT2D eigenvalue weighted by molar-refractivity contribution is 6.16. The van der Waals surface area contributed by atoms with Crippen LogP contribution in [0.5, 0.6) is 34.5 Å². The Morgan fingerprint density at radius 1 is 0.686 bits per heavy atom. The second kappa shape index (κ2) is 11.1. The summed E-state index contributed by atoms with van der Waals surface area (Å²) in [7, 11) is 5.53. The number of carbonyl (C=O) groups is 3. The Labute approximate surface area is 201 Å². The molecule has 9 heteroatoms. The Bertz CT molecular complexity index is 1230. The third-order valence-corrected chi connectivity index (χ3v) is 5.14. The van der Waals surface area contributed by atoms with E-state index in [2.05, 4.69) is 0 Å². The Kier molecular flexibility index (Phi) is 7.93. The van der Waals surface area contributed by atoms with Crippen LogP contribution < -0.4 is 23.7 Å². The first-order valence-electron chi connectivity index (χ1n) is 10.4. The van der Waals surface area contributed by atoms with Gasteiger partial charge in [0.2, 0.25) is 5.75 Å². The number of methoxy groups -OCH3 is 4. The Morgan fingerprint density at radius 3 is 1.71 bits per heavy atom. The van der Waals surface area contributed by atoms with E-state index in [9.17, 15) is 19.5 Å². The van der Waals surface area contributed by atoms with Gasteiger partial charge < -0.3 is 28.8 Å². The highest BCUT2D eigenvalue weighted by atomic mass is 16.6. The topological polar surface area (TPSA) is 118 Å². The molecule has 0 aliphatic heterocycles. The maximum atomic E-state index is 13.0. The van der Waals surface area contributed by atoms with Crippen LogP contribution in [0.4, 0.5) is 0 Å². The van der Waals surface area contributed by atoms with Gasteiger partial charge in [-0.2, -0.15) is 0 Å². The third kappa shape index (κ3) is 5.52. The first-order valence-corrected chi connectivity index (χ1v) is 10.4. The normalized spacial score (nSPS) is 10.3. The van der Waals surface area contributed by atoms with Crippen molar-refractivity contribution in [2.24, 2.45) is 0 Å². The maximum absolute atomic E-state index is 13.0. The van der Waals surface area contributed by atoms with Gasteiger partial charge in [0.15, 0.2) is 23.1 Å². The van der Waals surface area contributed by atoms with Crippen molar-refractivity contribution in [3.8, 4) is 34.5 Å². The van der Waals surface area contributed by atoms with Gasteiger partial charge >= 0.3 is 5.97 Å². The van der Waals surface area contributed by atoms with Crippen LogP contribution in [0.2, 0.25) is 0 Å². The molecule has 0 saturated heterocycles. The van der Waals surface area contributed by atoms with E-state index in [1.807, 2.05) is 0 Å². The second-order valence-corrected chi connectivity index (χ2v) is 7.20. The molecule has 0 atom stereocenters. The summed E-state index contributed by atoms with van der Waals surface area (Å²) < 4.78 is 26.2. The molecule has 0 aromatic heterocycles. The van der Waals surface area contributed by atoms with Crippen LogP contribution in [0.15, 0.2) is 54.6 Å². The Morgan fingerprint density at radius 2 is 1.23 bits per heavy atom. The molecule has 0 fully saturated rings. The SMILES string of the molecule is COc1ccc(C(=O)CC(=O)c2c(O)cc(OC)c(OC(=O)c3ccc(OC)cc3)c2OC)cc1. The summed E-state index contributed by atoms with van der Waals surface area (Å²) in [5.74, 6) is -1.85. The van der Waals surface area contributed by atoms with E-state index >= 15 is 0 Å². The lowest BCUT2D eigenvalue weighted by molar-refractivity contribution is 0.0720. The summed E-state index contributed by atoms with van der Waals surface area (Å²) in [5, 5.41) is 10.5. The molecule has 0 aliphatic rings. The Hall–Kier alpha value is -4.53. The number of rotatable bonds is 10. The smallest absolute Gasteiger partial charge is 0.343 e. The molecule has 9 nitrogen and oxygen atoms in total. The second-order valence-electron chi connectivity index (χ2n) is 7.20. The van der Waals surface area contributed by atoms with Crippen LogP contribution in [0.3, 0.4) is 0 Å². The number of ether oxygens (including phenoxy) is 5. The molecular formula is C26H24O9. The molecule has 1 N–H and O–H groups in total. The van der Waals surface area contributed by atoms with E-state index < -0.39 is 29.7 Å². The van der Waals surface area contributed by atoms with E-state index in [4.69, 9.17) is 23.7 Å². The number of hydrogen-bond acceptors (Lipinski definition) is 9. The quantitative estimate of drug-likeness (QED) is 0.198. The largest absolute Gasteiger partial charge is 0.507 e. The summed E-state index contributed by atoms with van der Waals surface area (Å²) in [6.07, 6.45) is -0.561. The van der Waals surface area contributed by atoms with Gasteiger partial charge in [0, 0.05) is 11.6 Å². The molecule has 0 bridgehead atoms. The van der Waals surface area contributed by atoms with Crippen LogP contribution in [0, 0.1) is 0 Å². The molecule has 0 amide bonds. The van der Waals surface area contributed by atoms with Crippen molar-refractivity contribution in [3.05, 3.63) is 71.3 Å². The summed E-state index contributed by atoms with van der Waals surface area (Å²) in [4.78, 5) is 38.5. The highest BCUT2D eigenvalue weighted by Gasteiger charge is 2.29. The fraction of sp³-hybridized carbons (Fsp3) is 0.192. The number of benzene rings is 3. The minimum absolute atomic E-state index is 0.0424. The number of aromatic hydroxyl groups is 1. The van der Waals surface area contributed by atoms with Crippen molar-refractivity contribution in [1.29, 1.82) is 0 Å². The van der Waals surface area contributed by atoms with Gasteiger partial charge in [-0.1, -0.05) is 0 Å². The van der Waals surface area contributed by atoms with Gasteiger partial charge in [-0.05, 0) is 48.5 Å². The minimum Gasteiger partial charge on any atom is -0.507 e. The summed E-state index contributed by atoms with van der Waals surface area (Å²) >= 11 is 0. The molecule has 0 saturated carbocycles. The molecule has 0 unspecified atom stereocenters. The van der Waals surface area contributed by atoms with Gasteiger partial charge in [0.25, 0.3) is 0 Å². The van der Waals surface area contributed by atoms with Crippen LogP contribution >= 0.6 is 0 Å². The maximum Gasteiger partial charge on any atom is 0.343 e. The number of Topliss-reactive ketones (excluding diaryl/α,β-unsaturated/α-hetero) is 2. The van der Waals surface area contributed by atoms with Crippen molar-refractivity contribution in [2.75, 3.05) is 28.4 Å². The minimum atomic E-state index is -0.761. The number of ketones is 2. The van der Waals surface area contributed by atoms with E-state index in [-0.39, 0.29) is 33.9 Å². The van der Waals surface area contributed by atoms with E-state index in [0.29, 0.717) is 11.5 Å². The van der Waals surface area contributed by atoms with Crippen molar-refractivity contribution in [2.45, 2.75) is 6.42 Å². The molecule has 0 radical (unpaired) electrons. The summed E-state index contributed by atoms with van der Waals surface area (Å²) in [6, 6.07) is 13.5. The molecule has 35 heavy (non-hydrogen) atoms. The molecule has 0 spiro atoms. The monoisotopic (exact) mass is 480 g/mol. The van der Waals surface area contributed by atoms with Crippen LogP contribution in [-0.4, -0.2) is 51.1 Å². The van der Waals surface area contributed by atoms with Crippen molar-refractivity contribution in [1.82, 2.24) is 0 Å². The fourth-order valence-corrected chi connectivity index (χ4v) is 3.31. The van der Waals surface area contributed by atoms with E-state index in [0.717, 1.165) is 6.07 Å². The predicted octanol–water partition coefficient (Wildman–Crippen LogP) is 4.10. The molecule has 3 aromatic rings. The first-order chi connectivity index (χ1) is 16.8.